The van der Waals surface area contributed by atoms with E-state index in [4.69, 9.17) is 5.11 Å². The number of pyridine rings is 1. The standard InChI is InChI=1S/C14H12N2O5/c17-14(18)21-13-7-6-12(16(19)20)9-10(13)4-5-11-3-1-2-8-15-11/h1-3,6-9H,4-5H2,(H,17,18). The van der Waals surface area contributed by atoms with Gasteiger partial charge in [0, 0.05) is 29.6 Å². The summed E-state index contributed by atoms with van der Waals surface area (Å²) in [4.78, 5) is 25.1. The molecule has 0 amide bonds. The van der Waals surface area contributed by atoms with Crippen LogP contribution in [0.1, 0.15) is 11.3 Å². The van der Waals surface area contributed by atoms with Crippen molar-refractivity contribution < 1.29 is 19.6 Å². The lowest BCUT2D eigenvalue weighted by Gasteiger charge is -2.07. The number of aryl methyl sites for hydroxylation is 2. The maximum Gasteiger partial charge on any atom is 0.511 e. The third-order valence-corrected chi connectivity index (χ3v) is 2.83. The van der Waals surface area contributed by atoms with Crippen LogP contribution in [0.15, 0.2) is 42.6 Å². The Bertz CT molecular complexity index is 658. The lowest BCUT2D eigenvalue weighted by molar-refractivity contribution is -0.384. The van der Waals surface area contributed by atoms with Crippen molar-refractivity contribution in [2.45, 2.75) is 12.8 Å². The van der Waals surface area contributed by atoms with E-state index in [1.54, 1.807) is 12.3 Å². The van der Waals surface area contributed by atoms with Crippen molar-refractivity contribution in [3.05, 3.63) is 64.0 Å². The molecule has 21 heavy (non-hydrogen) atoms. The van der Waals surface area contributed by atoms with E-state index >= 15 is 0 Å². The van der Waals surface area contributed by atoms with Crippen LogP contribution in [0.5, 0.6) is 5.75 Å². The van der Waals surface area contributed by atoms with Crippen LogP contribution in [0.25, 0.3) is 0 Å². The molecule has 1 heterocycles. The zero-order valence-corrected chi connectivity index (χ0v) is 10.9. The summed E-state index contributed by atoms with van der Waals surface area (Å²) in [5.74, 6) is 0.101. The number of rotatable bonds is 5. The zero-order valence-electron chi connectivity index (χ0n) is 10.9. The molecule has 7 heteroatoms. The maximum atomic E-state index is 10.8. The summed E-state index contributed by atoms with van der Waals surface area (Å²) in [6, 6.07) is 9.28. The molecule has 0 aliphatic heterocycles. The van der Waals surface area contributed by atoms with Gasteiger partial charge in [-0.2, -0.15) is 0 Å². The van der Waals surface area contributed by atoms with Gasteiger partial charge in [-0.3, -0.25) is 15.1 Å². The Morgan fingerprint density at radius 2 is 2.10 bits per heavy atom. The van der Waals surface area contributed by atoms with Gasteiger partial charge in [0.1, 0.15) is 5.75 Å². The fourth-order valence-corrected chi connectivity index (χ4v) is 1.88. The van der Waals surface area contributed by atoms with Crippen molar-refractivity contribution in [1.29, 1.82) is 0 Å². The van der Waals surface area contributed by atoms with Crippen LogP contribution in [0.3, 0.4) is 0 Å². The lowest BCUT2D eigenvalue weighted by Crippen LogP contribution is -2.06. The summed E-state index contributed by atoms with van der Waals surface area (Å²) in [6.07, 6.45) is 1.11. The van der Waals surface area contributed by atoms with Crippen LogP contribution in [0, 0.1) is 10.1 Å². The number of benzene rings is 1. The SMILES string of the molecule is O=C(O)Oc1ccc([N+](=O)[O-])cc1CCc1ccccn1. The first-order valence-corrected chi connectivity index (χ1v) is 6.14. The third kappa shape index (κ3) is 4.00. The zero-order chi connectivity index (χ0) is 15.2. The number of hydrogen-bond acceptors (Lipinski definition) is 5. The second-order valence-corrected chi connectivity index (χ2v) is 4.24. The molecule has 7 nitrogen and oxygen atoms in total. The van der Waals surface area contributed by atoms with E-state index in [0.29, 0.717) is 18.4 Å². The highest BCUT2D eigenvalue weighted by molar-refractivity contribution is 5.62. The van der Waals surface area contributed by atoms with Gasteiger partial charge in [0.05, 0.1) is 4.92 Å². The first kappa shape index (κ1) is 14.4. The van der Waals surface area contributed by atoms with Crippen LogP contribution in [-0.2, 0) is 12.8 Å². The second kappa shape index (κ2) is 6.47. The van der Waals surface area contributed by atoms with Crippen molar-refractivity contribution in [3.63, 3.8) is 0 Å². The predicted octanol–water partition coefficient (Wildman–Crippen LogP) is 2.83. The van der Waals surface area contributed by atoms with Crippen LogP contribution < -0.4 is 4.74 Å². The molecule has 0 bridgehead atoms. The molecular weight excluding hydrogens is 276 g/mol. The van der Waals surface area contributed by atoms with E-state index in [0.717, 1.165) is 5.69 Å². The molecule has 0 aliphatic carbocycles. The van der Waals surface area contributed by atoms with Crippen molar-refractivity contribution in [1.82, 2.24) is 4.98 Å². The Labute approximate surface area is 120 Å². The molecule has 0 spiro atoms. The van der Waals surface area contributed by atoms with Crippen LogP contribution in [-0.4, -0.2) is 21.2 Å². The molecule has 0 unspecified atom stereocenters. The van der Waals surface area contributed by atoms with Gasteiger partial charge < -0.3 is 9.84 Å². The molecule has 0 saturated carbocycles. The average Bonchev–Trinajstić information content (AvgIpc) is 2.46. The van der Waals surface area contributed by atoms with Crippen LogP contribution in [0.4, 0.5) is 10.5 Å². The number of carbonyl (C=O) groups is 1. The Morgan fingerprint density at radius 1 is 1.29 bits per heavy atom. The average molecular weight is 288 g/mol. The van der Waals surface area contributed by atoms with Gasteiger partial charge in [-0.05, 0) is 31.0 Å². The molecule has 1 N–H and O–H groups in total. The Morgan fingerprint density at radius 3 is 2.71 bits per heavy atom. The highest BCUT2D eigenvalue weighted by atomic mass is 16.7. The maximum absolute atomic E-state index is 10.8. The number of non-ortho nitro benzene ring substituents is 1. The second-order valence-electron chi connectivity index (χ2n) is 4.24. The largest absolute Gasteiger partial charge is 0.511 e. The number of hydrogen-bond donors (Lipinski definition) is 1. The highest BCUT2D eigenvalue weighted by Crippen LogP contribution is 2.25. The normalized spacial score (nSPS) is 10.1. The molecule has 2 rings (SSSR count). The summed E-state index contributed by atoms with van der Waals surface area (Å²) < 4.78 is 4.64. The molecule has 2 aromatic rings. The quantitative estimate of drug-likeness (QED) is 0.393. The van der Waals surface area contributed by atoms with E-state index in [1.165, 1.54) is 18.2 Å². The Balaban J connectivity index is 2.23. The van der Waals surface area contributed by atoms with Gasteiger partial charge in [0.25, 0.3) is 5.69 Å². The van der Waals surface area contributed by atoms with Gasteiger partial charge in [-0.1, -0.05) is 6.07 Å². The molecule has 108 valence electrons. The summed E-state index contributed by atoms with van der Waals surface area (Å²) in [7, 11) is 0. The molecule has 1 aromatic carbocycles. The van der Waals surface area contributed by atoms with Gasteiger partial charge in [0.2, 0.25) is 0 Å². The number of aromatic nitrogens is 1. The Kier molecular flexibility index (Phi) is 4.45. The highest BCUT2D eigenvalue weighted by Gasteiger charge is 2.14. The summed E-state index contributed by atoms with van der Waals surface area (Å²) in [5.41, 5.74) is 1.16. The number of nitro benzene ring substituents is 1. The summed E-state index contributed by atoms with van der Waals surface area (Å²) >= 11 is 0. The van der Waals surface area contributed by atoms with E-state index in [1.807, 2.05) is 12.1 Å². The molecular formula is C14H12N2O5. The number of carboxylic acid groups (broad SMARTS) is 1. The summed E-state index contributed by atoms with van der Waals surface area (Å²) in [5, 5.41) is 19.5. The van der Waals surface area contributed by atoms with E-state index < -0.39 is 11.1 Å². The van der Waals surface area contributed by atoms with E-state index in [-0.39, 0.29) is 11.4 Å². The first-order valence-electron chi connectivity index (χ1n) is 6.14. The molecule has 0 saturated heterocycles. The van der Waals surface area contributed by atoms with Crippen molar-refractivity contribution in [3.8, 4) is 5.75 Å². The molecule has 1 aromatic heterocycles. The fraction of sp³-hybridized carbons (Fsp3) is 0.143. The van der Waals surface area contributed by atoms with Crippen molar-refractivity contribution >= 4 is 11.8 Å². The molecule has 0 radical (unpaired) electrons. The molecule has 0 atom stereocenters. The van der Waals surface area contributed by atoms with Crippen LogP contribution in [0.2, 0.25) is 0 Å². The van der Waals surface area contributed by atoms with Crippen molar-refractivity contribution in [2.24, 2.45) is 0 Å². The van der Waals surface area contributed by atoms with Crippen LogP contribution >= 0.6 is 0 Å². The smallest absolute Gasteiger partial charge is 0.449 e. The van der Waals surface area contributed by atoms with Gasteiger partial charge >= 0.3 is 6.16 Å². The lowest BCUT2D eigenvalue weighted by atomic mass is 10.1. The minimum atomic E-state index is -1.46. The minimum Gasteiger partial charge on any atom is -0.449 e. The number of nitro groups is 1. The monoisotopic (exact) mass is 288 g/mol. The van der Waals surface area contributed by atoms with E-state index in [2.05, 4.69) is 9.72 Å². The minimum absolute atomic E-state index is 0.101. The predicted molar refractivity (Wildman–Crippen MR) is 73.4 cm³/mol. The van der Waals surface area contributed by atoms with Gasteiger partial charge in [-0.25, -0.2) is 4.79 Å². The van der Waals surface area contributed by atoms with Gasteiger partial charge in [0.15, 0.2) is 0 Å². The number of ether oxygens (including phenoxy) is 1. The summed E-state index contributed by atoms with van der Waals surface area (Å²) in [6.45, 7) is 0. The molecule has 0 fully saturated rings. The van der Waals surface area contributed by atoms with E-state index in [9.17, 15) is 14.9 Å². The first-order chi connectivity index (χ1) is 10.1. The number of nitrogens with zero attached hydrogens (tertiary/aromatic N) is 2. The third-order valence-electron chi connectivity index (χ3n) is 2.83. The van der Waals surface area contributed by atoms with Crippen molar-refractivity contribution in [2.75, 3.05) is 0 Å². The fourth-order valence-electron chi connectivity index (χ4n) is 1.88. The molecule has 0 aliphatic rings. The van der Waals surface area contributed by atoms with Gasteiger partial charge in [-0.15, -0.1) is 0 Å². The Hall–Kier alpha value is -2.96. The topological polar surface area (TPSA) is 103 Å².